The zero-order chi connectivity index (χ0) is 24.2. The fourth-order valence-corrected chi connectivity index (χ4v) is 5.31. The lowest BCUT2D eigenvalue weighted by atomic mass is 9.97. The Morgan fingerprint density at radius 2 is 2.11 bits per heavy atom. The van der Waals surface area contributed by atoms with Gasteiger partial charge < -0.3 is 9.73 Å². The zero-order valence-corrected chi connectivity index (χ0v) is 20.7. The quantitative estimate of drug-likeness (QED) is 0.390. The van der Waals surface area contributed by atoms with Crippen molar-refractivity contribution in [2.45, 2.75) is 32.6 Å². The average Bonchev–Trinajstić information content (AvgIpc) is 3.62. The van der Waals surface area contributed by atoms with E-state index >= 15 is 0 Å². The van der Waals surface area contributed by atoms with E-state index in [9.17, 15) is 4.79 Å². The van der Waals surface area contributed by atoms with Gasteiger partial charge in [0.05, 0.1) is 22.7 Å². The highest BCUT2D eigenvalue weighted by molar-refractivity contribution is 7.10. The number of pyridine rings is 1. The Morgan fingerprint density at radius 3 is 2.86 bits per heavy atom. The summed E-state index contributed by atoms with van der Waals surface area (Å²) >= 11 is 1.57. The first-order valence-electron chi connectivity index (χ1n) is 11.7. The van der Waals surface area contributed by atoms with Crippen molar-refractivity contribution in [2.75, 3.05) is 25.0 Å². The molecule has 1 saturated heterocycles. The molecule has 0 spiro atoms. The number of hydrogen-bond donors (Lipinski definition) is 1. The lowest BCUT2D eigenvalue weighted by Crippen LogP contribution is -2.33. The Hall–Kier alpha value is -3.56. The van der Waals surface area contributed by atoms with E-state index < -0.39 is 0 Å². The molecule has 5 rings (SSSR count). The Morgan fingerprint density at radius 1 is 1.26 bits per heavy atom. The first-order chi connectivity index (χ1) is 17.1. The summed E-state index contributed by atoms with van der Waals surface area (Å²) in [4.78, 5) is 24.6. The summed E-state index contributed by atoms with van der Waals surface area (Å²) < 4.78 is 7.08. The van der Waals surface area contributed by atoms with E-state index in [1.807, 2.05) is 49.6 Å². The van der Waals surface area contributed by atoms with Crippen LogP contribution in [-0.2, 0) is 0 Å². The maximum absolute atomic E-state index is 13.0. The summed E-state index contributed by atoms with van der Waals surface area (Å²) in [6.45, 7) is 6.82. The van der Waals surface area contributed by atoms with E-state index in [0.29, 0.717) is 23.1 Å². The highest BCUT2D eigenvalue weighted by Gasteiger charge is 2.24. The summed E-state index contributed by atoms with van der Waals surface area (Å²) in [5.74, 6) is 1.62. The number of nitrogens with one attached hydrogen (secondary N) is 1. The van der Waals surface area contributed by atoms with Crippen LogP contribution < -0.4 is 5.32 Å². The Balaban J connectivity index is 1.19. The SMILES string of the molecule is Cc1cc(C)n(-c2ncccc2NC(=O)c2csc(C3CCN(C/C=C\c4ccco4)CC3)n2)n1. The molecule has 180 valence electrons. The number of furan rings is 1. The molecule has 1 aliphatic rings. The number of rotatable bonds is 7. The van der Waals surface area contributed by atoms with Gasteiger partial charge in [-0.15, -0.1) is 11.3 Å². The van der Waals surface area contributed by atoms with Gasteiger partial charge in [-0.25, -0.2) is 14.6 Å². The third kappa shape index (κ3) is 5.41. The van der Waals surface area contributed by atoms with Crippen molar-refractivity contribution in [2.24, 2.45) is 0 Å². The molecule has 0 saturated carbocycles. The molecular weight excluding hydrogens is 460 g/mol. The molecule has 5 heterocycles. The van der Waals surface area contributed by atoms with Gasteiger partial charge in [0.2, 0.25) is 0 Å². The standard InChI is InChI=1S/C26H28N6O2S/c1-18-16-19(2)32(30-18)24-22(8-3-11-27-24)28-25(33)23-17-35-26(29-23)20-9-13-31(14-10-20)12-4-6-21-7-5-15-34-21/h3-8,11,15-17,20H,9-10,12-14H2,1-2H3,(H,28,33)/b6-4-. The lowest BCUT2D eigenvalue weighted by Gasteiger charge is -2.30. The normalized spacial score (nSPS) is 15.1. The van der Waals surface area contributed by atoms with Gasteiger partial charge in [0.15, 0.2) is 5.82 Å². The number of aryl methyl sites for hydroxylation is 2. The molecule has 0 atom stereocenters. The van der Waals surface area contributed by atoms with Crippen LogP contribution in [0.1, 0.15) is 51.4 Å². The van der Waals surface area contributed by atoms with Gasteiger partial charge in [-0.2, -0.15) is 5.10 Å². The van der Waals surface area contributed by atoms with Gasteiger partial charge in [0.1, 0.15) is 11.5 Å². The smallest absolute Gasteiger partial charge is 0.275 e. The third-order valence-electron chi connectivity index (χ3n) is 6.13. The maximum Gasteiger partial charge on any atom is 0.275 e. The van der Waals surface area contributed by atoms with Crippen molar-refractivity contribution in [1.29, 1.82) is 0 Å². The van der Waals surface area contributed by atoms with Crippen LogP contribution in [0, 0.1) is 13.8 Å². The second-order valence-corrected chi connectivity index (χ2v) is 9.62. The molecule has 1 fully saturated rings. The number of likely N-dealkylation sites (tertiary alicyclic amines) is 1. The van der Waals surface area contributed by atoms with Crippen LogP contribution in [-0.4, -0.2) is 50.2 Å². The lowest BCUT2D eigenvalue weighted by molar-refractivity contribution is 0.102. The van der Waals surface area contributed by atoms with Crippen molar-refractivity contribution in [3.05, 3.63) is 82.1 Å². The van der Waals surface area contributed by atoms with Crippen LogP contribution >= 0.6 is 11.3 Å². The molecular formula is C26H28N6O2S. The highest BCUT2D eigenvalue weighted by Crippen LogP contribution is 2.30. The van der Waals surface area contributed by atoms with Gasteiger partial charge >= 0.3 is 0 Å². The predicted octanol–water partition coefficient (Wildman–Crippen LogP) is 5.08. The highest BCUT2D eigenvalue weighted by atomic mass is 32.1. The van der Waals surface area contributed by atoms with Crippen LogP contribution in [0.2, 0.25) is 0 Å². The number of amides is 1. The average molecular weight is 489 g/mol. The van der Waals surface area contributed by atoms with Gasteiger partial charge in [0.25, 0.3) is 5.91 Å². The van der Waals surface area contributed by atoms with Crippen molar-refractivity contribution < 1.29 is 9.21 Å². The van der Waals surface area contributed by atoms with Crippen molar-refractivity contribution in [3.8, 4) is 5.82 Å². The fraction of sp³-hybridized carbons (Fsp3) is 0.308. The Labute approximate surface area is 208 Å². The van der Waals surface area contributed by atoms with Gasteiger partial charge in [-0.05, 0) is 76.2 Å². The first kappa shape index (κ1) is 23.2. The summed E-state index contributed by atoms with van der Waals surface area (Å²) in [5.41, 5.74) is 2.90. The van der Waals surface area contributed by atoms with E-state index in [1.54, 1.807) is 34.5 Å². The second-order valence-electron chi connectivity index (χ2n) is 8.73. The Kier molecular flexibility index (Phi) is 6.87. The van der Waals surface area contributed by atoms with E-state index in [-0.39, 0.29) is 5.91 Å². The van der Waals surface area contributed by atoms with E-state index in [2.05, 4.69) is 26.4 Å². The van der Waals surface area contributed by atoms with Crippen LogP contribution in [0.25, 0.3) is 11.9 Å². The minimum absolute atomic E-state index is 0.233. The molecule has 35 heavy (non-hydrogen) atoms. The summed E-state index contributed by atoms with van der Waals surface area (Å²) in [7, 11) is 0. The molecule has 1 amide bonds. The van der Waals surface area contributed by atoms with E-state index in [4.69, 9.17) is 9.40 Å². The maximum atomic E-state index is 13.0. The molecule has 0 bridgehead atoms. The largest absolute Gasteiger partial charge is 0.465 e. The molecule has 1 N–H and O–H groups in total. The number of carbonyl (C=O) groups is 1. The molecule has 0 unspecified atom stereocenters. The van der Waals surface area contributed by atoms with Crippen LogP contribution in [0.15, 0.2) is 58.7 Å². The number of piperidine rings is 1. The topological polar surface area (TPSA) is 89.1 Å². The molecule has 0 aromatic carbocycles. The monoisotopic (exact) mass is 488 g/mol. The van der Waals surface area contributed by atoms with Crippen LogP contribution in [0.4, 0.5) is 5.69 Å². The summed E-state index contributed by atoms with van der Waals surface area (Å²) in [6.07, 6.45) is 9.61. The second kappa shape index (κ2) is 10.4. The predicted molar refractivity (Wildman–Crippen MR) is 137 cm³/mol. The molecule has 8 nitrogen and oxygen atoms in total. The Bertz CT molecular complexity index is 1320. The van der Waals surface area contributed by atoms with E-state index in [0.717, 1.165) is 54.6 Å². The first-order valence-corrected chi connectivity index (χ1v) is 12.6. The third-order valence-corrected chi connectivity index (χ3v) is 7.13. The minimum Gasteiger partial charge on any atom is -0.465 e. The molecule has 1 aliphatic heterocycles. The van der Waals surface area contributed by atoms with Gasteiger partial charge in [0, 0.05) is 29.7 Å². The van der Waals surface area contributed by atoms with Crippen molar-refractivity contribution in [3.63, 3.8) is 0 Å². The molecule has 0 radical (unpaired) electrons. The summed E-state index contributed by atoms with van der Waals surface area (Å²) in [5, 5.41) is 10.4. The van der Waals surface area contributed by atoms with Crippen molar-refractivity contribution >= 4 is 29.0 Å². The summed E-state index contributed by atoms with van der Waals surface area (Å²) in [6, 6.07) is 9.46. The fourth-order valence-electron chi connectivity index (χ4n) is 4.34. The number of anilines is 1. The van der Waals surface area contributed by atoms with Gasteiger partial charge in [-0.1, -0.05) is 6.08 Å². The number of carbonyl (C=O) groups excluding carboxylic acids is 1. The molecule has 4 aromatic rings. The van der Waals surface area contributed by atoms with Crippen molar-refractivity contribution in [1.82, 2.24) is 24.6 Å². The molecule has 9 heteroatoms. The van der Waals surface area contributed by atoms with Gasteiger partial charge in [-0.3, -0.25) is 9.69 Å². The number of aromatic nitrogens is 4. The number of nitrogens with zero attached hydrogens (tertiary/aromatic N) is 5. The number of thiazole rings is 1. The zero-order valence-electron chi connectivity index (χ0n) is 19.8. The minimum atomic E-state index is -0.233. The van der Waals surface area contributed by atoms with Crippen LogP contribution in [0.5, 0.6) is 0 Å². The molecule has 4 aromatic heterocycles. The number of hydrogen-bond acceptors (Lipinski definition) is 7. The molecule has 0 aliphatic carbocycles. The van der Waals surface area contributed by atoms with Crippen LogP contribution in [0.3, 0.4) is 0 Å². The van der Waals surface area contributed by atoms with E-state index in [1.165, 1.54) is 0 Å².